The number of halogens is 5. The summed E-state index contributed by atoms with van der Waals surface area (Å²) in [4.78, 5) is 0. The third-order valence-electron chi connectivity index (χ3n) is 2.44. The summed E-state index contributed by atoms with van der Waals surface area (Å²) in [5.41, 5.74) is -0.208. The molecular weight excluding hydrogens is 271 g/mol. The van der Waals surface area contributed by atoms with Gasteiger partial charge in [0.2, 0.25) is 0 Å². The Labute approximate surface area is 106 Å². The molecule has 0 saturated heterocycles. The van der Waals surface area contributed by atoms with Crippen molar-refractivity contribution in [3.63, 3.8) is 0 Å². The van der Waals surface area contributed by atoms with E-state index in [1.54, 1.807) is 0 Å². The molecule has 0 aromatic heterocycles. The Hall–Kier alpha value is -1.21. The summed E-state index contributed by atoms with van der Waals surface area (Å²) >= 11 is 0. The Balaban J connectivity index is 2.54. The number of alkyl halides is 3. The molecule has 1 unspecified atom stereocenters. The van der Waals surface area contributed by atoms with Crippen LogP contribution in [0.25, 0.3) is 0 Å². The summed E-state index contributed by atoms with van der Waals surface area (Å²) in [5.74, 6) is -1.49. The van der Waals surface area contributed by atoms with E-state index in [4.69, 9.17) is 0 Å². The molecule has 0 aliphatic heterocycles. The summed E-state index contributed by atoms with van der Waals surface area (Å²) in [6.07, 6.45) is -6.12. The fourth-order valence-electron chi connectivity index (χ4n) is 1.46. The van der Waals surface area contributed by atoms with Crippen LogP contribution in [-0.4, -0.2) is 24.5 Å². The highest BCUT2D eigenvalue weighted by atomic mass is 19.4. The largest absolute Gasteiger partial charge is 0.411 e. The van der Waals surface area contributed by atoms with E-state index in [0.717, 1.165) is 12.1 Å². The predicted molar refractivity (Wildman–Crippen MR) is 57.5 cm³/mol. The van der Waals surface area contributed by atoms with Crippen molar-refractivity contribution in [2.75, 3.05) is 13.2 Å². The highest BCUT2D eigenvalue weighted by molar-refractivity contribution is 5.26. The Morgan fingerprint density at radius 2 is 1.84 bits per heavy atom. The first-order valence-electron chi connectivity index (χ1n) is 5.49. The number of aliphatic hydroxyl groups is 1. The number of aryl methyl sites for hydroxylation is 1. The molecule has 0 amide bonds. The first-order valence-corrected chi connectivity index (χ1v) is 5.49. The van der Waals surface area contributed by atoms with Crippen LogP contribution in [-0.2, 0) is 4.74 Å². The van der Waals surface area contributed by atoms with Crippen LogP contribution >= 0.6 is 0 Å². The zero-order valence-electron chi connectivity index (χ0n) is 10.1. The first-order chi connectivity index (χ1) is 8.70. The average molecular weight is 284 g/mol. The van der Waals surface area contributed by atoms with Crippen molar-refractivity contribution in [2.45, 2.75) is 25.6 Å². The monoisotopic (exact) mass is 284 g/mol. The van der Waals surface area contributed by atoms with E-state index in [2.05, 4.69) is 4.74 Å². The van der Waals surface area contributed by atoms with Crippen LogP contribution in [0.3, 0.4) is 0 Å². The van der Waals surface area contributed by atoms with Gasteiger partial charge in [0, 0.05) is 18.6 Å². The summed E-state index contributed by atoms with van der Waals surface area (Å²) in [5, 5.41) is 9.58. The lowest BCUT2D eigenvalue weighted by atomic mass is 10.0. The van der Waals surface area contributed by atoms with E-state index >= 15 is 0 Å². The van der Waals surface area contributed by atoms with Crippen LogP contribution in [0.2, 0.25) is 0 Å². The molecule has 2 nitrogen and oxygen atoms in total. The Bertz CT molecular complexity index is 431. The van der Waals surface area contributed by atoms with Crippen LogP contribution in [0.5, 0.6) is 0 Å². The number of rotatable bonds is 5. The van der Waals surface area contributed by atoms with Crippen molar-refractivity contribution in [3.05, 3.63) is 34.9 Å². The molecule has 0 aliphatic rings. The van der Waals surface area contributed by atoms with Gasteiger partial charge in [-0.3, -0.25) is 0 Å². The second-order valence-electron chi connectivity index (χ2n) is 4.10. The lowest BCUT2D eigenvalue weighted by Gasteiger charge is -2.14. The molecule has 1 aromatic rings. The van der Waals surface area contributed by atoms with Crippen molar-refractivity contribution in [3.8, 4) is 0 Å². The fourth-order valence-corrected chi connectivity index (χ4v) is 1.46. The molecule has 0 bridgehead atoms. The minimum absolute atomic E-state index is 0.0850. The molecule has 0 fully saturated rings. The van der Waals surface area contributed by atoms with E-state index in [0.29, 0.717) is 0 Å². The van der Waals surface area contributed by atoms with Crippen LogP contribution in [0.15, 0.2) is 12.1 Å². The molecule has 108 valence electrons. The minimum Gasteiger partial charge on any atom is -0.388 e. The molecule has 0 heterocycles. The van der Waals surface area contributed by atoms with Gasteiger partial charge in [0.05, 0.1) is 6.10 Å². The SMILES string of the molecule is Cc1cc(F)c(C(O)CCOCC(F)(F)F)cc1F. The Morgan fingerprint density at radius 1 is 1.21 bits per heavy atom. The van der Waals surface area contributed by atoms with Crippen LogP contribution in [0.4, 0.5) is 22.0 Å². The van der Waals surface area contributed by atoms with E-state index in [1.165, 1.54) is 6.92 Å². The van der Waals surface area contributed by atoms with E-state index in [1.807, 2.05) is 0 Å². The highest BCUT2D eigenvalue weighted by Crippen LogP contribution is 2.23. The molecule has 1 N–H and O–H groups in total. The summed E-state index contributed by atoms with van der Waals surface area (Å²) < 4.78 is 66.2. The topological polar surface area (TPSA) is 29.5 Å². The summed E-state index contributed by atoms with van der Waals surface area (Å²) in [6, 6.07) is 1.75. The first kappa shape index (κ1) is 15.8. The number of hydrogen-bond donors (Lipinski definition) is 1. The smallest absolute Gasteiger partial charge is 0.388 e. The van der Waals surface area contributed by atoms with Gasteiger partial charge in [-0.15, -0.1) is 0 Å². The van der Waals surface area contributed by atoms with Crippen molar-refractivity contribution < 1.29 is 31.8 Å². The number of aliphatic hydroxyl groups excluding tert-OH is 1. The molecule has 0 radical (unpaired) electrons. The molecular formula is C12H13F5O2. The minimum atomic E-state index is -4.45. The van der Waals surface area contributed by atoms with Crippen molar-refractivity contribution >= 4 is 0 Å². The van der Waals surface area contributed by atoms with Gasteiger partial charge in [-0.05, 0) is 24.6 Å². The van der Waals surface area contributed by atoms with Gasteiger partial charge in [0.25, 0.3) is 0 Å². The van der Waals surface area contributed by atoms with Gasteiger partial charge in [0.15, 0.2) is 0 Å². The van der Waals surface area contributed by atoms with E-state index in [9.17, 15) is 27.1 Å². The maximum atomic E-state index is 13.4. The molecule has 1 rings (SSSR count). The average Bonchev–Trinajstić information content (AvgIpc) is 2.28. The maximum Gasteiger partial charge on any atom is 0.411 e. The Kier molecular flexibility index (Phi) is 5.25. The van der Waals surface area contributed by atoms with Crippen molar-refractivity contribution in [2.24, 2.45) is 0 Å². The van der Waals surface area contributed by atoms with Crippen LogP contribution in [0.1, 0.15) is 23.7 Å². The molecule has 0 aliphatic carbocycles. The lowest BCUT2D eigenvalue weighted by Crippen LogP contribution is -2.18. The van der Waals surface area contributed by atoms with Crippen LogP contribution < -0.4 is 0 Å². The summed E-state index contributed by atoms with van der Waals surface area (Å²) in [6.45, 7) is -0.485. The fraction of sp³-hybridized carbons (Fsp3) is 0.500. The van der Waals surface area contributed by atoms with Crippen LogP contribution in [0, 0.1) is 18.6 Å². The van der Waals surface area contributed by atoms with Crippen molar-refractivity contribution in [1.82, 2.24) is 0 Å². The van der Waals surface area contributed by atoms with Gasteiger partial charge in [-0.2, -0.15) is 13.2 Å². The number of ether oxygens (including phenoxy) is 1. The zero-order chi connectivity index (χ0) is 14.6. The molecule has 0 saturated carbocycles. The zero-order valence-corrected chi connectivity index (χ0v) is 10.1. The quantitative estimate of drug-likeness (QED) is 0.664. The normalized spacial score (nSPS) is 13.6. The molecule has 0 spiro atoms. The van der Waals surface area contributed by atoms with Crippen molar-refractivity contribution in [1.29, 1.82) is 0 Å². The van der Waals surface area contributed by atoms with Gasteiger partial charge >= 0.3 is 6.18 Å². The van der Waals surface area contributed by atoms with Gasteiger partial charge in [0.1, 0.15) is 18.2 Å². The summed E-state index contributed by atoms with van der Waals surface area (Å²) in [7, 11) is 0. The van der Waals surface area contributed by atoms with Gasteiger partial charge in [-0.1, -0.05) is 0 Å². The second-order valence-corrected chi connectivity index (χ2v) is 4.10. The standard InChI is InChI=1S/C12H13F5O2/c1-7-4-10(14)8(5-9(7)13)11(18)2-3-19-6-12(15,16)17/h4-5,11,18H,2-3,6H2,1H3. The lowest BCUT2D eigenvalue weighted by molar-refractivity contribution is -0.175. The third kappa shape index (κ3) is 5.12. The maximum absolute atomic E-state index is 13.4. The molecule has 1 atom stereocenters. The second kappa shape index (κ2) is 6.29. The Morgan fingerprint density at radius 3 is 2.42 bits per heavy atom. The predicted octanol–water partition coefficient (Wildman–Crippen LogP) is 3.28. The molecule has 7 heteroatoms. The highest BCUT2D eigenvalue weighted by Gasteiger charge is 2.27. The van der Waals surface area contributed by atoms with E-state index in [-0.39, 0.29) is 17.5 Å². The number of benzene rings is 1. The molecule has 19 heavy (non-hydrogen) atoms. The number of hydrogen-bond acceptors (Lipinski definition) is 2. The van der Waals surface area contributed by atoms with Gasteiger partial charge < -0.3 is 9.84 Å². The molecule has 1 aromatic carbocycles. The van der Waals surface area contributed by atoms with E-state index < -0.39 is 37.1 Å². The third-order valence-corrected chi connectivity index (χ3v) is 2.44. The van der Waals surface area contributed by atoms with Gasteiger partial charge in [-0.25, -0.2) is 8.78 Å².